The molecule has 29 heavy (non-hydrogen) atoms. The molecule has 3 rings (SSSR count). The molecule has 7 nitrogen and oxygen atoms in total. The van der Waals surface area contributed by atoms with Gasteiger partial charge in [0.05, 0.1) is 25.6 Å². The van der Waals surface area contributed by atoms with Gasteiger partial charge in [0.25, 0.3) is 0 Å². The van der Waals surface area contributed by atoms with Gasteiger partial charge in [-0.15, -0.1) is 11.3 Å². The van der Waals surface area contributed by atoms with Crippen LogP contribution in [0.15, 0.2) is 59.0 Å². The molecule has 1 aromatic heterocycles. The summed E-state index contributed by atoms with van der Waals surface area (Å²) in [5, 5.41) is 6.90. The Balaban J connectivity index is 1.60. The van der Waals surface area contributed by atoms with Crippen molar-refractivity contribution in [2.75, 3.05) is 25.7 Å². The number of nitrogens with one attached hydrogen (secondary N) is 1. The van der Waals surface area contributed by atoms with E-state index in [4.69, 9.17) is 14.2 Å². The molecule has 1 N–H and O–H groups in total. The van der Waals surface area contributed by atoms with Crippen molar-refractivity contribution < 1.29 is 19.0 Å². The standard InChI is InChI=1S/C21H21N3O4S/c1-3-27-20(25)13-28-18-10-9-15(11-19(18)26-2)12-22-24-21-23-17(14-29-21)16-7-5-4-6-8-16/h4-12,14H,3,13H2,1-2H3,(H,23,24). The lowest BCUT2D eigenvalue weighted by atomic mass is 10.2. The zero-order valence-electron chi connectivity index (χ0n) is 16.1. The lowest BCUT2D eigenvalue weighted by Gasteiger charge is -2.10. The second kappa shape index (κ2) is 10.2. The average molecular weight is 411 g/mol. The van der Waals surface area contributed by atoms with Crippen LogP contribution in [-0.4, -0.2) is 37.5 Å². The fraction of sp³-hybridized carbons (Fsp3) is 0.190. The number of rotatable bonds is 9. The van der Waals surface area contributed by atoms with Crippen molar-refractivity contribution in [2.24, 2.45) is 5.10 Å². The van der Waals surface area contributed by atoms with E-state index in [1.807, 2.05) is 41.8 Å². The molecule has 0 spiro atoms. The van der Waals surface area contributed by atoms with Crippen LogP contribution in [-0.2, 0) is 9.53 Å². The van der Waals surface area contributed by atoms with Crippen molar-refractivity contribution in [2.45, 2.75) is 6.92 Å². The van der Waals surface area contributed by atoms with E-state index >= 15 is 0 Å². The molecule has 1 heterocycles. The Morgan fingerprint density at radius 2 is 2.03 bits per heavy atom. The van der Waals surface area contributed by atoms with Crippen LogP contribution in [0.3, 0.4) is 0 Å². The number of nitrogens with zero attached hydrogens (tertiary/aromatic N) is 2. The van der Waals surface area contributed by atoms with E-state index in [1.54, 1.807) is 25.3 Å². The Morgan fingerprint density at radius 3 is 2.79 bits per heavy atom. The van der Waals surface area contributed by atoms with E-state index in [-0.39, 0.29) is 6.61 Å². The molecule has 8 heteroatoms. The SMILES string of the molecule is CCOC(=O)COc1ccc(C=NNc2nc(-c3ccccc3)cs2)cc1OC. The van der Waals surface area contributed by atoms with Gasteiger partial charge in [0.1, 0.15) is 0 Å². The van der Waals surface area contributed by atoms with Crippen LogP contribution in [0.2, 0.25) is 0 Å². The highest BCUT2D eigenvalue weighted by Gasteiger charge is 2.09. The summed E-state index contributed by atoms with van der Waals surface area (Å²) < 4.78 is 15.6. The number of methoxy groups -OCH3 is 1. The summed E-state index contributed by atoms with van der Waals surface area (Å²) in [5.41, 5.74) is 5.70. The summed E-state index contributed by atoms with van der Waals surface area (Å²) in [4.78, 5) is 15.9. The van der Waals surface area contributed by atoms with E-state index in [0.29, 0.717) is 23.2 Å². The molecule has 0 saturated carbocycles. The average Bonchev–Trinajstić information content (AvgIpc) is 3.22. The maximum absolute atomic E-state index is 11.4. The summed E-state index contributed by atoms with van der Waals surface area (Å²) in [5.74, 6) is 0.527. The minimum absolute atomic E-state index is 0.174. The monoisotopic (exact) mass is 411 g/mol. The molecule has 0 aliphatic carbocycles. The number of hydrogen-bond donors (Lipinski definition) is 1. The van der Waals surface area contributed by atoms with Gasteiger partial charge in [-0.2, -0.15) is 5.10 Å². The molecule has 0 saturated heterocycles. The Kier molecular flexibility index (Phi) is 7.18. The molecule has 0 aliphatic rings. The fourth-order valence-electron chi connectivity index (χ4n) is 2.45. The minimum Gasteiger partial charge on any atom is -0.493 e. The molecule has 0 radical (unpaired) electrons. The van der Waals surface area contributed by atoms with Gasteiger partial charge in [-0.1, -0.05) is 30.3 Å². The number of benzene rings is 2. The molecule has 150 valence electrons. The molecular formula is C21H21N3O4S. The summed E-state index contributed by atoms with van der Waals surface area (Å²) in [6, 6.07) is 15.3. The van der Waals surface area contributed by atoms with E-state index in [9.17, 15) is 4.79 Å². The largest absolute Gasteiger partial charge is 0.493 e. The van der Waals surface area contributed by atoms with Crippen molar-refractivity contribution in [3.05, 3.63) is 59.5 Å². The second-order valence-corrected chi connectivity index (χ2v) is 6.64. The maximum atomic E-state index is 11.4. The minimum atomic E-state index is -0.428. The lowest BCUT2D eigenvalue weighted by Crippen LogP contribution is -2.14. The van der Waals surface area contributed by atoms with Crippen LogP contribution in [0.4, 0.5) is 5.13 Å². The molecule has 0 amide bonds. The van der Waals surface area contributed by atoms with Crippen molar-refractivity contribution >= 4 is 28.7 Å². The number of aromatic nitrogens is 1. The van der Waals surface area contributed by atoms with Crippen molar-refractivity contribution in [3.63, 3.8) is 0 Å². The van der Waals surface area contributed by atoms with E-state index in [2.05, 4.69) is 15.5 Å². The van der Waals surface area contributed by atoms with Gasteiger partial charge in [0.15, 0.2) is 18.1 Å². The van der Waals surface area contributed by atoms with Gasteiger partial charge < -0.3 is 14.2 Å². The highest BCUT2D eigenvalue weighted by molar-refractivity contribution is 7.14. The number of carbonyl (C=O) groups is 1. The first-order valence-electron chi connectivity index (χ1n) is 8.96. The Bertz CT molecular complexity index is 973. The third-order valence-electron chi connectivity index (χ3n) is 3.79. The van der Waals surface area contributed by atoms with Gasteiger partial charge in [0, 0.05) is 10.9 Å². The smallest absolute Gasteiger partial charge is 0.344 e. The third-order valence-corrected chi connectivity index (χ3v) is 4.53. The van der Waals surface area contributed by atoms with Crippen molar-refractivity contribution in [1.82, 2.24) is 4.98 Å². The molecule has 0 atom stereocenters. The van der Waals surface area contributed by atoms with Crippen LogP contribution >= 0.6 is 11.3 Å². The molecule has 0 aliphatic heterocycles. The maximum Gasteiger partial charge on any atom is 0.344 e. The van der Waals surface area contributed by atoms with Crippen molar-refractivity contribution in [1.29, 1.82) is 0 Å². The highest BCUT2D eigenvalue weighted by atomic mass is 32.1. The first-order valence-corrected chi connectivity index (χ1v) is 9.84. The van der Waals surface area contributed by atoms with Crippen LogP contribution in [0.5, 0.6) is 11.5 Å². The first-order chi connectivity index (χ1) is 14.2. The van der Waals surface area contributed by atoms with Gasteiger partial charge >= 0.3 is 5.97 Å². The molecule has 0 unspecified atom stereocenters. The Labute approximate surface area is 173 Å². The van der Waals surface area contributed by atoms with Crippen LogP contribution < -0.4 is 14.9 Å². The number of ether oxygens (including phenoxy) is 3. The fourth-order valence-corrected chi connectivity index (χ4v) is 3.12. The Hall–Kier alpha value is -3.39. The first kappa shape index (κ1) is 20.3. The van der Waals surface area contributed by atoms with Crippen LogP contribution in [0.25, 0.3) is 11.3 Å². The molecule has 0 fully saturated rings. The Morgan fingerprint density at radius 1 is 1.21 bits per heavy atom. The van der Waals surface area contributed by atoms with Crippen LogP contribution in [0.1, 0.15) is 12.5 Å². The normalized spacial score (nSPS) is 10.7. The molecular weight excluding hydrogens is 390 g/mol. The number of thiazole rings is 1. The zero-order chi connectivity index (χ0) is 20.5. The molecule has 0 bridgehead atoms. The number of anilines is 1. The number of hydrazone groups is 1. The van der Waals surface area contributed by atoms with Gasteiger partial charge in [-0.25, -0.2) is 9.78 Å². The second-order valence-electron chi connectivity index (χ2n) is 5.78. The van der Waals surface area contributed by atoms with E-state index < -0.39 is 5.97 Å². The topological polar surface area (TPSA) is 82.0 Å². The van der Waals surface area contributed by atoms with Gasteiger partial charge in [0.2, 0.25) is 5.13 Å². The predicted molar refractivity (Wildman–Crippen MR) is 114 cm³/mol. The van der Waals surface area contributed by atoms with Crippen LogP contribution in [0, 0.1) is 0 Å². The van der Waals surface area contributed by atoms with Gasteiger partial charge in [-0.3, -0.25) is 5.43 Å². The number of esters is 1. The number of hydrogen-bond acceptors (Lipinski definition) is 8. The lowest BCUT2D eigenvalue weighted by molar-refractivity contribution is -0.145. The molecule has 2 aromatic carbocycles. The van der Waals surface area contributed by atoms with E-state index in [1.165, 1.54) is 18.4 Å². The summed E-state index contributed by atoms with van der Waals surface area (Å²) in [6.45, 7) is 1.88. The predicted octanol–water partition coefficient (Wildman–Crippen LogP) is 4.21. The summed E-state index contributed by atoms with van der Waals surface area (Å²) in [7, 11) is 1.53. The highest BCUT2D eigenvalue weighted by Crippen LogP contribution is 2.28. The quantitative estimate of drug-likeness (QED) is 0.323. The van der Waals surface area contributed by atoms with E-state index in [0.717, 1.165) is 16.8 Å². The summed E-state index contributed by atoms with van der Waals surface area (Å²) in [6.07, 6.45) is 1.65. The zero-order valence-corrected chi connectivity index (χ0v) is 16.9. The summed E-state index contributed by atoms with van der Waals surface area (Å²) >= 11 is 1.48. The third kappa shape index (κ3) is 5.79. The molecule has 3 aromatic rings. The van der Waals surface area contributed by atoms with Crippen molar-refractivity contribution in [3.8, 4) is 22.8 Å². The number of carbonyl (C=O) groups excluding carboxylic acids is 1. The van der Waals surface area contributed by atoms with Gasteiger partial charge in [-0.05, 0) is 30.7 Å².